The minimum absolute atomic E-state index is 0.0654. The second-order valence-corrected chi connectivity index (χ2v) is 6.03. The number of hydrogen-bond acceptors (Lipinski definition) is 5. The van der Waals surface area contributed by atoms with Crippen LogP contribution in [0.5, 0.6) is 0 Å². The number of carboxylic acids is 1. The van der Waals surface area contributed by atoms with Crippen molar-refractivity contribution in [3.63, 3.8) is 0 Å². The molecule has 1 rings (SSSR count). The Morgan fingerprint density at radius 2 is 1.61 bits per heavy atom. The summed E-state index contributed by atoms with van der Waals surface area (Å²) in [5.41, 5.74) is 0. The smallest absolute Gasteiger partial charge is 0.410 e. The van der Waals surface area contributed by atoms with E-state index >= 15 is 0 Å². The molecule has 1 amide bonds. The van der Waals surface area contributed by atoms with E-state index in [2.05, 4.69) is 5.32 Å². The average Bonchev–Trinajstić information content (AvgIpc) is 2.44. The topological polar surface area (TPSA) is 102 Å². The number of carbonyl (C=O) groups excluding carboxylic acids is 2. The number of rotatable bonds is 5. The Kier molecular flexibility index (Phi) is 10.8. The zero-order valence-electron chi connectivity index (χ0n) is 14.5. The van der Waals surface area contributed by atoms with Crippen LogP contribution in [-0.2, 0) is 19.1 Å². The lowest BCUT2D eigenvalue weighted by Gasteiger charge is -2.23. The predicted molar refractivity (Wildman–Crippen MR) is 84.8 cm³/mol. The molecule has 2 N–H and O–H groups in total. The molecule has 1 unspecified atom stereocenters. The van der Waals surface area contributed by atoms with Crippen LogP contribution in [0, 0.1) is 11.8 Å². The number of hydrogen-bond donors (Lipinski definition) is 2. The summed E-state index contributed by atoms with van der Waals surface area (Å²) in [6, 6.07) is 0. The van der Waals surface area contributed by atoms with E-state index in [1.165, 1.54) is 26.2 Å². The van der Waals surface area contributed by atoms with Crippen LogP contribution in [0.25, 0.3) is 0 Å². The van der Waals surface area contributed by atoms with Crippen molar-refractivity contribution in [2.45, 2.75) is 66.1 Å². The molecule has 1 saturated carbocycles. The monoisotopic (exact) mass is 331 g/mol. The summed E-state index contributed by atoms with van der Waals surface area (Å²) >= 11 is 0. The molecule has 0 heterocycles. The molecule has 0 saturated heterocycles. The molecule has 0 aromatic rings. The van der Waals surface area contributed by atoms with Gasteiger partial charge < -0.3 is 19.9 Å². The first-order valence-corrected chi connectivity index (χ1v) is 8.03. The van der Waals surface area contributed by atoms with Gasteiger partial charge in [-0.2, -0.15) is 0 Å². The summed E-state index contributed by atoms with van der Waals surface area (Å²) in [7, 11) is 0. The molecule has 7 nitrogen and oxygen atoms in total. The van der Waals surface area contributed by atoms with Gasteiger partial charge in [0.1, 0.15) is 0 Å². The fourth-order valence-corrected chi connectivity index (χ4v) is 2.23. The molecule has 1 atom stereocenters. The SMILES string of the molecule is CC(=O)O.CC(=O)OC(OC(=O)NCC1CCCCC1)C(C)C. The number of esters is 1. The van der Waals surface area contributed by atoms with E-state index in [9.17, 15) is 9.59 Å². The van der Waals surface area contributed by atoms with Crippen LogP contribution < -0.4 is 5.32 Å². The maximum Gasteiger partial charge on any atom is 0.410 e. The number of aliphatic carboxylic acids is 1. The van der Waals surface area contributed by atoms with Crippen molar-refractivity contribution in [3.8, 4) is 0 Å². The Labute approximate surface area is 137 Å². The van der Waals surface area contributed by atoms with E-state index in [0.29, 0.717) is 12.5 Å². The molecule has 0 aromatic carbocycles. The Balaban J connectivity index is 0.00000108. The number of alkyl carbamates (subject to hydrolysis) is 1. The highest BCUT2D eigenvalue weighted by Gasteiger charge is 2.22. The molecular formula is C16H29NO6. The average molecular weight is 331 g/mol. The number of amides is 1. The molecule has 1 fully saturated rings. The summed E-state index contributed by atoms with van der Waals surface area (Å²) < 4.78 is 10.1. The molecule has 1 aliphatic rings. The highest BCUT2D eigenvalue weighted by molar-refractivity contribution is 5.68. The summed E-state index contributed by atoms with van der Waals surface area (Å²) in [5.74, 6) is -0.796. The quantitative estimate of drug-likeness (QED) is 0.593. The van der Waals surface area contributed by atoms with Crippen molar-refractivity contribution < 1.29 is 29.0 Å². The van der Waals surface area contributed by atoms with Crippen LogP contribution in [0.4, 0.5) is 4.79 Å². The van der Waals surface area contributed by atoms with Crippen LogP contribution in [0.1, 0.15) is 59.8 Å². The van der Waals surface area contributed by atoms with E-state index in [1.807, 2.05) is 13.8 Å². The largest absolute Gasteiger partial charge is 0.481 e. The van der Waals surface area contributed by atoms with E-state index in [4.69, 9.17) is 19.4 Å². The van der Waals surface area contributed by atoms with Crippen LogP contribution in [0.2, 0.25) is 0 Å². The second kappa shape index (κ2) is 11.7. The molecule has 0 aromatic heterocycles. The Morgan fingerprint density at radius 3 is 2.04 bits per heavy atom. The third-order valence-corrected chi connectivity index (χ3v) is 3.31. The first kappa shape index (κ1) is 21.2. The summed E-state index contributed by atoms with van der Waals surface area (Å²) in [5, 5.41) is 10.2. The van der Waals surface area contributed by atoms with Gasteiger partial charge in [-0.15, -0.1) is 0 Å². The predicted octanol–water partition coefficient (Wildman–Crippen LogP) is 2.93. The second-order valence-electron chi connectivity index (χ2n) is 6.03. The first-order valence-electron chi connectivity index (χ1n) is 8.03. The highest BCUT2D eigenvalue weighted by atomic mass is 16.7. The zero-order valence-corrected chi connectivity index (χ0v) is 14.5. The van der Waals surface area contributed by atoms with Crippen molar-refractivity contribution in [2.75, 3.05) is 6.54 Å². The van der Waals surface area contributed by atoms with Crippen molar-refractivity contribution >= 4 is 18.0 Å². The van der Waals surface area contributed by atoms with E-state index in [-0.39, 0.29) is 5.92 Å². The van der Waals surface area contributed by atoms with Crippen LogP contribution >= 0.6 is 0 Å². The van der Waals surface area contributed by atoms with Crippen LogP contribution in [-0.4, -0.2) is 36.0 Å². The van der Waals surface area contributed by atoms with Gasteiger partial charge in [-0.05, 0) is 18.8 Å². The van der Waals surface area contributed by atoms with Gasteiger partial charge >= 0.3 is 12.1 Å². The fraction of sp³-hybridized carbons (Fsp3) is 0.812. The summed E-state index contributed by atoms with van der Waals surface area (Å²) in [6.07, 6.45) is 4.78. The maximum atomic E-state index is 11.7. The summed E-state index contributed by atoms with van der Waals surface area (Å²) in [6.45, 7) is 6.70. The number of ether oxygens (including phenoxy) is 2. The number of carbonyl (C=O) groups is 3. The normalized spacial score (nSPS) is 15.9. The minimum atomic E-state index is -0.833. The molecule has 0 bridgehead atoms. The van der Waals surface area contributed by atoms with Crippen molar-refractivity contribution in [2.24, 2.45) is 11.8 Å². The lowest BCUT2D eigenvalue weighted by molar-refractivity contribution is -0.172. The van der Waals surface area contributed by atoms with Gasteiger partial charge in [0.05, 0.1) is 0 Å². The van der Waals surface area contributed by atoms with Crippen molar-refractivity contribution in [3.05, 3.63) is 0 Å². The lowest BCUT2D eigenvalue weighted by Crippen LogP contribution is -2.36. The fourth-order valence-electron chi connectivity index (χ4n) is 2.23. The number of carboxylic acid groups (broad SMARTS) is 1. The van der Waals surface area contributed by atoms with Crippen LogP contribution in [0.15, 0.2) is 0 Å². The Bertz CT molecular complexity index is 373. The first-order chi connectivity index (χ1) is 10.7. The lowest BCUT2D eigenvalue weighted by atomic mass is 9.89. The standard InChI is InChI=1S/C14H25NO4.C2H4O2/c1-10(2)13(18-11(3)16)19-14(17)15-9-12-7-5-4-6-8-12;1-2(3)4/h10,12-13H,4-9H2,1-3H3,(H,15,17);1H3,(H,3,4). The van der Waals surface area contributed by atoms with Gasteiger partial charge in [0, 0.05) is 26.3 Å². The van der Waals surface area contributed by atoms with E-state index < -0.39 is 24.3 Å². The number of nitrogens with one attached hydrogen (secondary N) is 1. The van der Waals surface area contributed by atoms with Crippen molar-refractivity contribution in [1.29, 1.82) is 0 Å². The van der Waals surface area contributed by atoms with Gasteiger partial charge in [0.15, 0.2) is 0 Å². The molecular weight excluding hydrogens is 302 g/mol. The molecule has 7 heteroatoms. The molecule has 23 heavy (non-hydrogen) atoms. The maximum absolute atomic E-state index is 11.7. The van der Waals surface area contributed by atoms with Gasteiger partial charge in [-0.1, -0.05) is 33.1 Å². The molecule has 0 spiro atoms. The van der Waals surface area contributed by atoms with Gasteiger partial charge in [-0.3, -0.25) is 9.59 Å². The van der Waals surface area contributed by atoms with E-state index in [1.54, 1.807) is 0 Å². The molecule has 134 valence electrons. The van der Waals surface area contributed by atoms with Gasteiger partial charge in [-0.25, -0.2) is 4.79 Å². The van der Waals surface area contributed by atoms with Crippen molar-refractivity contribution in [1.82, 2.24) is 5.32 Å². The third kappa shape index (κ3) is 12.4. The Hall–Kier alpha value is -1.79. The highest BCUT2D eigenvalue weighted by Crippen LogP contribution is 2.22. The van der Waals surface area contributed by atoms with Gasteiger partial charge in [0.2, 0.25) is 0 Å². The Morgan fingerprint density at radius 1 is 1.09 bits per heavy atom. The molecule has 0 aliphatic heterocycles. The third-order valence-electron chi connectivity index (χ3n) is 3.31. The zero-order chi connectivity index (χ0) is 17.8. The minimum Gasteiger partial charge on any atom is -0.481 e. The van der Waals surface area contributed by atoms with E-state index in [0.717, 1.165) is 19.8 Å². The van der Waals surface area contributed by atoms with Crippen LogP contribution in [0.3, 0.4) is 0 Å². The van der Waals surface area contributed by atoms with Gasteiger partial charge in [0.25, 0.3) is 12.3 Å². The summed E-state index contributed by atoms with van der Waals surface area (Å²) in [4.78, 5) is 31.6. The molecule has 1 aliphatic carbocycles. The molecule has 0 radical (unpaired) electrons.